The molecule has 0 saturated carbocycles. The van der Waals surface area contributed by atoms with Gasteiger partial charge in [-0.2, -0.15) is 0 Å². The van der Waals surface area contributed by atoms with Gasteiger partial charge in [0.2, 0.25) is 11.8 Å². The predicted molar refractivity (Wildman–Crippen MR) is 102 cm³/mol. The number of methoxy groups -OCH3 is 1. The zero-order valence-electron chi connectivity index (χ0n) is 16.1. The van der Waals surface area contributed by atoms with E-state index in [1.807, 2.05) is 0 Å². The number of hydrogen-bond acceptors (Lipinski definition) is 4. The van der Waals surface area contributed by atoms with Crippen molar-refractivity contribution in [1.82, 2.24) is 10.6 Å². The third-order valence-corrected chi connectivity index (χ3v) is 4.15. The van der Waals surface area contributed by atoms with Gasteiger partial charge in [0.25, 0.3) is 0 Å². The van der Waals surface area contributed by atoms with Crippen molar-refractivity contribution in [1.29, 1.82) is 0 Å². The van der Waals surface area contributed by atoms with Gasteiger partial charge in [0.05, 0.1) is 7.11 Å². The molecule has 29 heavy (non-hydrogen) atoms. The molecule has 0 aliphatic carbocycles. The Kier molecular flexibility index (Phi) is 7.82. The van der Waals surface area contributed by atoms with Gasteiger partial charge in [-0.3, -0.25) is 9.59 Å². The molecule has 0 saturated heterocycles. The molecule has 2 N–H and O–H groups in total. The first-order valence-electron chi connectivity index (χ1n) is 8.92. The zero-order chi connectivity index (χ0) is 21.4. The van der Waals surface area contributed by atoms with Gasteiger partial charge in [-0.15, -0.1) is 0 Å². The molecule has 2 aromatic rings. The van der Waals surface area contributed by atoms with Crippen LogP contribution in [0.15, 0.2) is 48.5 Å². The van der Waals surface area contributed by atoms with Gasteiger partial charge >= 0.3 is 5.97 Å². The number of benzene rings is 2. The topological polar surface area (TPSA) is 84.5 Å². The van der Waals surface area contributed by atoms with Crippen molar-refractivity contribution in [2.45, 2.75) is 31.8 Å². The van der Waals surface area contributed by atoms with Crippen LogP contribution in [-0.2, 0) is 32.0 Å². The molecule has 8 heteroatoms. The molecule has 0 heterocycles. The van der Waals surface area contributed by atoms with Crippen LogP contribution in [0, 0.1) is 11.6 Å². The Bertz CT molecular complexity index is 888. The number of rotatable bonds is 8. The number of carbonyl (C=O) groups excluding carboxylic acids is 3. The van der Waals surface area contributed by atoms with Crippen molar-refractivity contribution in [3.05, 3.63) is 71.3 Å². The maximum Gasteiger partial charge on any atom is 0.328 e. The van der Waals surface area contributed by atoms with Crippen LogP contribution in [0.5, 0.6) is 0 Å². The molecule has 154 valence electrons. The fourth-order valence-corrected chi connectivity index (χ4v) is 2.86. The van der Waals surface area contributed by atoms with Crippen LogP contribution < -0.4 is 10.6 Å². The van der Waals surface area contributed by atoms with Crippen molar-refractivity contribution in [3.8, 4) is 0 Å². The SMILES string of the molecule is COC(=O)[C@H](Cc1cccc(F)c1)NC(=O)[C@H](Cc1cccc(F)c1)NC(C)=O. The summed E-state index contributed by atoms with van der Waals surface area (Å²) in [5, 5.41) is 5.03. The summed E-state index contributed by atoms with van der Waals surface area (Å²) < 4.78 is 31.6. The molecule has 2 rings (SSSR count). The van der Waals surface area contributed by atoms with E-state index in [1.165, 1.54) is 50.4 Å². The van der Waals surface area contributed by atoms with E-state index < -0.39 is 41.5 Å². The van der Waals surface area contributed by atoms with Gasteiger partial charge < -0.3 is 15.4 Å². The molecule has 0 aromatic heterocycles. The molecule has 0 aliphatic rings. The first-order valence-corrected chi connectivity index (χ1v) is 8.92. The second-order valence-corrected chi connectivity index (χ2v) is 6.51. The van der Waals surface area contributed by atoms with Crippen LogP contribution in [0.1, 0.15) is 18.1 Å². The number of nitrogens with one attached hydrogen (secondary N) is 2. The summed E-state index contributed by atoms with van der Waals surface area (Å²) in [6.45, 7) is 1.25. The minimum atomic E-state index is -1.09. The number of amides is 2. The van der Waals surface area contributed by atoms with Gasteiger partial charge in [-0.25, -0.2) is 13.6 Å². The van der Waals surface area contributed by atoms with Gasteiger partial charge in [0.15, 0.2) is 0 Å². The maximum absolute atomic E-state index is 13.4. The molecule has 2 aromatic carbocycles. The second kappa shape index (κ2) is 10.3. The molecular formula is C21H22F2N2O4. The number of hydrogen-bond donors (Lipinski definition) is 2. The molecule has 0 aliphatic heterocycles. The molecule has 0 spiro atoms. The third-order valence-electron chi connectivity index (χ3n) is 4.15. The third kappa shape index (κ3) is 6.99. The Morgan fingerprint density at radius 1 is 0.897 bits per heavy atom. The average Bonchev–Trinajstić information content (AvgIpc) is 2.66. The summed E-state index contributed by atoms with van der Waals surface area (Å²) >= 11 is 0. The van der Waals surface area contributed by atoms with Crippen molar-refractivity contribution < 1.29 is 27.9 Å². The molecule has 2 atom stereocenters. The average molecular weight is 404 g/mol. The Labute approximate surface area is 167 Å². The standard InChI is InChI=1S/C21H22F2N2O4/c1-13(26)24-18(11-14-5-3-7-16(22)9-14)20(27)25-19(21(28)29-2)12-15-6-4-8-17(23)10-15/h3-10,18-19H,11-12H2,1-2H3,(H,24,26)(H,25,27)/t18-,19-/m0/s1. The van der Waals surface area contributed by atoms with Crippen LogP contribution >= 0.6 is 0 Å². The highest BCUT2D eigenvalue weighted by Gasteiger charge is 2.27. The minimum absolute atomic E-state index is 0.00291. The van der Waals surface area contributed by atoms with E-state index in [9.17, 15) is 23.2 Å². The van der Waals surface area contributed by atoms with Gasteiger partial charge in [0, 0.05) is 19.8 Å². The highest BCUT2D eigenvalue weighted by molar-refractivity contribution is 5.90. The molecule has 0 radical (unpaired) electrons. The summed E-state index contributed by atoms with van der Waals surface area (Å²) in [7, 11) is 1.17. The van der Waals surface area contributed by atoms with Crippen LogP contribution in [-0.4, -0.2) is 37.0 Å². The smallest absolute Gasteiger partial charge is 0.328 e. The van der Waals surface area contributed by atoms with Crippen LogP contribution in [0.3, 0.4) is 0 Å². The van der Waals surface area contributed by atoms with E-state index in [0.29, 0.717) is 11.1 Å². The maximum atomic E-state index is 13.4. The first kappa shape index (κ1) is 22.0. The van der Waals surface area contributed by atoms with E-state index in [2.05, 4.69) is 10.6 Å². The summed E-state index contributed by atoms with van der Waals surface area (Å²) in [5.74, 6) is -2.75. The molecule has 2 amide bonds. The lowest BCUT2D eigenvalue weighted by Gasteiger charge is -2.22. The Morgan fingerprint density at radius 2 is 1.41 bits per heavy atom. The lowest BCUT2D eigenvalue weighted by molar-refractivity contribution is -0.145. The van der Waals surface area contributed by atoms with Crippen LogP contribution in [0.25, 0.3) is 0 Å². The fraction of sp³-hybridized carbons (Fsp3) is 0.286. The van der Waals surface area contributed by atoms with Gasteiger partial charge in [-0.05, 0) is 35.4 Å². The monoisotopic (exact) mass is 404 g/mol. The van der Waals surface area contributed by atoms with E-state index in [1.54, 1.807) is 12.1 Å². The van der Waals surface area contributed by atoms with Crippen molar-refractivity contribution in [2.75, 3.05) is 7.11 Å². The quantitative estimate of drug-likeness (QED) is 0.659. The van der Waals surface area contributed by atoms with Gasteiger partial charge in [-0.1, -0.05) is 24.3 Å². The Balaban J connectivity index is 2.17. The number of esters is 1. The highest BCUT2D eigenvalue weighted by atomic mass is 19.1. The highest BCUT2D eigenvalue weighted by Crippen LogP contribution is 2.10. The lowest BCUT2D eigenvalue weighted by Crippen LogP contribution is -2.53. The minimum Gasteiger partial charge on any atom is -0.467 e. The molecule has 0 unspecified atom stereocenters. The number of halogens is 2. The lowest BCUT2D eigenvalue weighted by atomic mass is 10.0. The van der Waals surface area contributed by atoms with E-state index in [-0.39, 0.29) is 12.8 Å². The van der Waals surface area contributed by atoms with E-state index in [0.717, 1.165) is 0 Å². The number of ether oxygens (including phenoxy) is 1. The largest absolute Gasteiger partial charge is 0.467 e. The summed E-state index contributed by atoms with van der Waals surface area (Å²) in [6, 6.07) is 9.14. The van der Waals surface area contributed by atoms with Crippen LogP contribution in [0.4, 0.5) is 8.78 Å². The van der Waals surface area contributed by atoms with Gasteiger partial charge in [0.1, 0.15) is 23.7 Å². The zero-order valence-corrected chi connectivity index (χ0v) is 16.1. The molecule has 6 nitrogen and oxygen atoms in total. The number of carbonyl (C=O) groups is 3. The van der Waals surface area contributed by atoms with Crippen molar-refractivity contribution in [3.63, 3.8) is 0 Å². The normalized spacial score (nSPS) is 12.6. The summed E-state index contributed by atoms with van der Waals surface area (Å²) in [4.78, 5) is 36.4. The molecule has 0 bridgehead atoms. The second-order valence-electron chi connectivity index (χ2n) is 6.51. The molecular weight excluding hydrogens is 382 g/mol. The first-order chi connectivity index (χ1) is 13.8. The fourth-order valence-electron chi connectivity index (χ4n) is 2.86. The Hall–Kier alpha value is -3.29. The summed E-state index contributed by atoms with van der Waals surface area (Å²) in [5.41, 5.74) is 0.987. The van der Waals surface area contributed by atoms with E-state index in [4.69, 9.17) is 4.74 Å². The Morgan fingerprint density at radius 3 is 1.86 bits per heavy atom. The molecule has 0 fully saturated rings. The summed E-state index contributed by atoms with van der Waals surface area (Å²) in [6.07, 6.45) is 0.0277. The van der Waals surface area contributed by atoms with Crippen molar-refractivity contribution >= 4 is 17.8 Å². The predicted octanol–water partition coefficient (Wildman–Crippen LogP) is 1.91. The van der Waals surface area contributed by atoms with Crippen LogP contribution in [0.2, 0.25) is 0 Å². The van der Waals surface area contributed by atoms with E-state index >= 15 is 0 Å². The van der Waals surface area contributed by atoms with Crippen molar-refractivity contribution in [2.24, 2.45) is 0 Å².